The lowest BCUT2D eigenvalue weighted by Gasteiger charge is -2.09. The predicted octanol–water partition coefficient (Wildman–Crippen LogP) is 3.81. The van der Waals surface area contributed by atoms with Gasteiger partial charge in [0.25, 0.3) is 5.91 Å². The Bertz CT molecular complexity index is 868. The van der Waals surface area contributed by atoms with Crippen molar-refractivity contribution < 1.29 is 4.79 Å². The number of anilines is 2. The highest BCUT2D eigenvalue weighted by atomic mass is 79.9. The van der Waals surface area contributed by atoms with Gasteiger partial charge in [-0.2, -0.15) is 0 Å². The van der Waals surface area contributed by atoms with Crippen LogP contribution in [0.1, 0.15) is 21.7 Å². The van der Waals surface area contributed by atoms with Crippen molar-refractivity contribution in [2.45, 2.75) is 13.5 Å². The van der Waals surface area contributed by atoms with Crippen LogP contribution in [0.25, 0.3) is 0 Å². The number of amides is 1. The minimum atomic E-state index is -0.278. The average molecular weight is 398 g/mol. The predicted molar refractivity (Wildman–Crippen MR) is 100 cm³/mol. The highest BCUT2D eigenvalue weighted by Gasteiger charge is 2.11. The van der Waals surface area contributed by atoms with Gasteiger partial charge in [-0.3, -0.25) is 9.78 Å². The first-order valence-electron chi connectivity index (χ1n) is 7.65. The Labute approximate surface area is 153 Å². The zero-order valence-corrected chi connectivity index (χ0v) is 15.1. The molecule has 0 bridgehead atoms. The van der Waals surface area contributed by atoms with E-state index >= 15 is 0 Å². The summed E-state index contributed by atoms with van der Waals surface area (Å²) in [4.78, 5) is 25.0. The number of hydrogen-bond donors (Lipinski definition) is 2. The molecule has 0 spiro atoms. The Morgan fingerprint density at radius 3 is 2.52 bits per heavy atom. The molecule has 2 N–H and O–H groups in total. The standard InChI is InChI=1S/C18H16BrN5O/c1-12-10-16(17(25)23-15-4-2-14(19)3-5-15)24-18(22-12)21-11-13-6-8-20-9-7-13/h2-10H,11H2,1H3,(H,23,25)(H,21,22,24). The van der Waals surface area contributed by atoms with Crippen molar-refractivity contribution in [2.75, 3.05) is 10.6 Å². The van der Waals surface area contributed by atoms with Crippen molar-refractivity contribution in [1.29, 1.82) is 0 Å². The van der Waals surface area contributed by atoms with E-state index in [1.165, 1.54) is 0 Å². The van der Waals surface area contributed by atoms with Crippen molar-refractivity contribution in [2.24, 2.45) is 0 Å². The van der Waals surface area contributed by atoms with E-state index in [1.807, 2.05) is 43.3 Å². The Morgan fingerprint density at radius 2 is 1.80 bits per heavy atom. The molecular weight excluding hydrogens is 382 g/mol. The Balaban J connectivity index is 1.72. The van der Waals surface area contributed by atoms with E-state index in [-0.39, 0.29) is 5.91 Å². The SMILES string of the molecule is Cc1cc(C(=O)Nc2ccc(Br)cc2)nc(NCc2ccncc2)n1. The second-order valence-corrected chi connectivity index (χ2v) is 6.30. The smallest absolute Gasteiger partial charge is 0.274 e. The summed E-state index contributed by atoms with van der Waals surface area (Å²) in [6.07, 6.45) is 3.45. The van der Waals surface area contributed by atoms with Gasteiger partial charge in [0, 0.05) is 34.8 Å². The van der Waals surface area contributed by atoms with Crippen LogP contribution in [0.3, 0.4) is 0 Å². The lowest BCUT2D eigenvalue weighted by molar-refractivity contribution is 0.102. The minimum absolute atomic E-state index is 0.278. The van der Waals surface area contributed by atoms with E-state index in [1.54, 1.807) is 18.5 Å². The second-order valence-electron chi connectivity index (χ2n) is 5.39. The molecule has 0 unspecified atom stereocenters. The number of pyridine rings is 1. The molecule has 0 aliphatic heterocycles. The first-order valence-corrected chi connectivity index (χ1v) is 8.45. The lowest BCUT2D eigenvalue weighted by atomic mass is 10.2. The monoisotopic (exact) mass is 397 g/mol. The van der Waals surface area contributed by atoms with Gasteiger partial charge in [0.05, 0.1) is 0 Å². The van der Waals surface area contributed by atoms with Gasteiger partial charge in [-0.15, -0.1) is 0 Å². The Kier molecular flexibility index (Phi) is 5.35. The molecule has 25 heavy (non-hydrogen) atoms. The number of nitrogens with zero attached hydrogens (tertiary/aromatic N) is 3. The van der Waals surface area contributed by atoms with Crippen molar-refractivity contribution in [3.05, 3.63) is 76.3 Å². The van der Waals surface area contributed by atoms with Crippen LogP contribution in [0, 0.1) is 6.92 Å². The van der Waals surface area contributed by atoms with Gasteiger partial charge in [0.15, 0.2) is 0 Å². The molecule has 0 saturated heterocycles. The molecule has 0 saturated carbocycles. The molecule has 126 valence electrons. The quantitative estimate of drug-likeness (QED) is 0.684. The summed E-state index contributed by atoms with van der Waals surface area (Å²) >= 11 is 3.37. The summed E-state index contributed by atoms with van der Waals surface area (Å²) in [6, 6.07) is 12.8. The number of nitrogens with one attached hydrogen (secondary N) is 2. The molecule has 6 nitrogen and oxygen atoms in total. The van der Waals surface area contributed by atoms with Crippen LogP contribution in [-0.2, 0) is 6.54 Å². The summed E-state index contributed by atoms with van der Waals surface area (Å²) in [7, 11) is 0. The van der Waals surface area contributed by atoms with Crippen LogP contribution in [0.5, 0.6) is 0 Å². The highest BCUT2D eigenvalue weighted by Crippen LogP contribution is 2.15. The molecule has 2 heterocycles. The van der Waals surface area contributed by atoms with Gasteiger partial charge in [-0.05, 0) is 55.0 Å². The van der Waals surface area contributed by atoms with Gasteiger partial charge < -0.3 is 10.6 Å². The van der Waals surface area contributed by atoms with Crippen LogP contribution in [0.4, 0.5) is 11.6 Å². The van der Waals surface area contributed by atoms with E-state index in [2.05, 4.69) is 41.5 Å². The summed E-state index contributed by atoms with van der Waals surface area (Å²) in [5, 5.41) is 5.96. The van der Waals surface area contributed by atoms with Gasteiger partial charge in [-0.1, -0.05) is 15.9 Å². The number of benzene rings is 1. The number of aryl methyl sites for hydroxylation is 1. The van der Waals surface area contributed by atoms with Crippen LogP contribution in [0.15, 0.2) is 59.3 Å². The molecule has 0 radical (unpaired) electrons. The van der Waals surface area contributed by atoms with Crippen LogP contribution < -0.4 is 10.6 Å². The maximum Gasteiger partial charge on any atom is 0.274 e. The lowest BCUT2D eigenvalue weighted by Crippen LogP contribution is -2.16. The van der Waals surface area contributed by atoms with E-state index in [0.29, 0.717) is 29.6 Å². The fourth-order valence-corrected chi connectivity index (χ4v) is 2.44. The number of carbonyl (C=O) groups is 1. The van der Waals surface area contributed by atoms with Gasteiger partial charge in [-0.25, -0.2) is 9.97 Å². The normalized spacial score (nSPS) is 10.3. The third-order valence-electron chi connectivity index (χ3n) is 3.39. The molecular formula is C18H16BrN5O. The molecule has 1 amide bonds. The topological polar surface area (TPSA) is 79.8 Å². The van der Waals surface area contributed by atoms with E-state index in [9.17, 15) is 4.79 Å². The first kappa shape index (κ1) is 17.0. The molecule has 1 aromatic carbocycles. The zero-order chi connectivity index (χ0) is 17.6. The summed E-state index contributed by atoms with van der Waals surface area (Å²) < 4.78 is 0.950. The molecule has 0 aliphatic rings. The maximum absolute atomic E-state index is 12.4. The molecule has 7 heteroatoms. The van der Waals surface area contributed by atoms with Crippen molar-refractivity contribution in [1.82, 2.24) is 15.0 Å². The summed E-state index contributed by atoms with van der Waals surface area (Å²) in [5.41, 5.74) is 2.79. The minimum Gasteiger partial charge on any atom is -0.350 e. The highest BCUT2D eigenvalue weighted by molar-refractivity contribution is 9.10. The fraction of sp³-hybridized carbons (Fsp3) is 0.111. The molecule has 0 aliphatic carbocycles. The van der Waals surface area contributed by atoms with E-state index < -0.39 is 0 Å². The van der Waals surface area contributed by atoms with Gasteiger partial charge in [0.2, 0.25) is 5.95 Å². The second kappa shape index (κ2) is 7.85. The fourth-order valence-electron chi connectivity index (χ4n) is 2.17. The molecule has 0 atom stereocenters. The number of hydrogen-bond acceptors (Lipinski definition) is 5. The van der Waals surface area contributed by atoms with Gasteiger partial charge >= 0.3 is 0 Å². The number of halogens is 1. The third-order valence-corrected chi connectivity index (χ3v) is 3.92. The molecule has 3 aromatic rings. The third kappa shape index (κ3) is 4.84. The molecule has 0 fully saturated rings. The van der Waals surface area contributed by atoms with Crippen LogP contribution in [0.2, 0.25) is 0 Å². The maximum atomic E-state index is 12.4. The first-order chi connectivity index (χ1) is 12.1. The zero-order valence-electron chi connectivity index (χ0n) is 13.5. The van der Waals surface area contributed by atoms with E-state index in [4.69, 9.17) is 0 Å². The number of carbonyl (C=O) groups excluding carboxylic acids is 1. The molecule has 3 rings (SSSR count). The van der Waals surface area contributed by atoms with Crippen LogP contribution >= 0.6 is 15.9 Å². The number of aromatic nitrogens is 3. The Hall–Kier alpha value is -2.80. The summed E-state index contributed by atoms with van der Waals surface area (Å²) in [5.74, 6) is 0.137. The average Bonchev–Trinajstić information content (AvgIpc) is 2.62. The Morgan fingerprint density at radius 1 is 1.08 bits per heavy atom. The molecule has 2 aromatic heterocycles. The van der Waals surface area contributed by atoms with Crippen molar-refractivity contribution >= 4 is 33.5 Å². The van der Waals surface area contributed by atoms with Crippen molar-refractivity contribution in [3.63, 3.8) is 0 Å². The largest absolute Gasteiger partial charge is 0.350 e. The van der Waals surface area contributed by atoms with Crippen molar-refractivity contribution in [3.8, 4) is 0 Å². The van der Waals surface area contributed by atoms with Crippen LogP contribution in [-0.4, -0.2) is 20.9 Å². The van der Waals surface area contributed by atoms with Gasteiger partial charge in [0.1, 0.15) is 5.69 Å². The summed E-state index contributed by atoms with van der Waals surface area (Å²) in [6.45, 7) is 2.38. The van der Waals surface area contributed by atoms with E-state index in [0.717, 1.165) is 10.0 Å². The number of rotatable bonds is 5.